The Bertz CT molecular complexity index is 1050. The predicted octanol–water partition coefficient (Wildman–Crippen LogP) is 6.01. The van der Waals surface area contributed by atoms with E-state index in [1.807, 2.05) is 48.5 Å². The van der Waals surface area contributed by atoms with Crippen LogP contribution in [0.4, 0.5) is 0 Å². The van der Waals surface area contributed by atoms with Crippen LogP contribution in [0.3, 0.4) is 0 Å². The summed E-state index contributed by atoms with van der Waals surface area (Å²) in [6.45, 7) is 0. The maximum Gasteiger partial charge on any atom is 0.124 e. The third kappa shape index (κ3) is 3.35. The Kier molecular flexibility index (Phi) is 4.12. The summed E-state index contributed by atoms with van der Waals surface area (Å²) in [4.78, 5) is 4.70. The first-order valence-corrected chi connectivity index (χ1v) is 8.78. The summed E-state index contributed by atoms with van der Waals surface area (Å²) in [5, 5.41) is 9.88. The van der Waals surface area contributed by atoms with Gasteiger partial charge in [-0.25, -0.2) is 4.98 Å². The Morgan fingerprint density at radius 3 is 2.08 bits per heavy atom. The van der Waals surface area contributed by atoms with Gasteiger partial charge in [0.25, 0.3) is 0 Å². The molecule has 1 heterocycles. The van der Waals surface area contributed by atoms with E-state index in [2.05, 4.69) is 42.5 Å². The number of benzene rings is 3. The Labute approximate surface area is 150 Å². The average molecular weight is 338 g/mol. The molecular formula is C22H14N2S. The highest BCUT2D eigenvalue weighted by Gasteiger charge is 2.05. The molecule has 0 saturated carbocycles. The third-order valence-electron chi connectivity index (χ3n) is 3.96. The van der Waals surface area contributed by atoms with Crippen LogP contribution in [0.5, 0.6) is 0 Å². The first-order valence-electron chi connectivity index (χ1n) is 7.96. The molecule has 118 valence electrons. The molecule has 0 unspecified atom stereocenters. The summed E-state index contributed by atoms with van der Waals surface area (Å²) in [5.41, 5.74) is 5.07. The number of nitriles is 1. The third-order valence-corrected chi connectivity index (χ3v) is 5.05. The number of hydrogen-bond donors (Lipinski definition) is 0. The van der Waals surface area contributed by atoms with Crippen LogP contribution in [0.1, 0.15) is 16.7 Å². The lowest BCUT2D eigenvalue weighted by atomic mass is 10.1. The van der Waals surface area contributed by atoms with Crippen LogP contribution in [0.2, 0.25) is 0 Å². The van der Waals surface area contributed by atoms with Gasteiger partial charge in [0.1, 0.15) is 5.01 Å². The summed E-state index contributed by atoms with van der Waals surface area (Å²) < 4.78 is 1.21. The van der Waals surface area contributed by atoms with Crippen molar-refractivity contribution in [2.45, 2.75) is 0 Å². The Morgan fingerprint density at radius 2 is 1.44 bits per heavy atom. The van der Waals surface area contributed by atoms with Crippen molar-refractivity contribution in [2.24, 2.45) is 0 Å². The van der Waals surface area contributed by atoms with Crippen LogP contribution in [0, 0.1) is 11.3 Å². The monoisotopic (exact) mass is 338 g/mol. The number of para-hydroxylation sites is 1. The normalized spacial score (nSPS) is 11.0. The lowest BCUT2D eigenvalue weighted by molar-refractivity contribution is 1.47. The highest BCUT2D eigenvalue weighted by Crippen LogP contribution is 2.30. The van der Waals surface area contributed by atoms with Gasteiger partial charge >= 0.3 is 0 Å². The second kappa shape index (κ2) is 6.72. The predicted molar refractivity (Wildman–Crippen MR) is 105 cm³/mol. The summed E-state index contributed by atoms with van der Waals surface area (Å²) in [7, 11) is 0. The summed E-state index contributed by atoms with van der Waals surface area (Å²) >= 11 is 1.71. The minimum absolute atomic E-state index is 0.678. The van der Waals surface area contributed by atoms with Crippen molar-refractivity contribution < 1.29 is 0 Å². The zero-order valence-corrected chi connectivity index (χ0v) is 14.2. The molecule has 3 heteroatoms. The fraction of sp³-hybridized carbons (Fsp3) is 0. The SMILES string of the molecule is N#Cc1ccc(/C=C/c2ccc(-c3nc4ccccc4s3)cc2)cc1. The standard InChI is InChI=1S/C22H14N2S/c23-15-18-9-7-16(8-10-18)5-6-17-11-13-19(14-12-17)22-24-20-3-1-2-4-21(20)25-22/h1-14H/b6-5+. The second-order valence-corrected chi connectivity index (χ2v) is 6.71. The highest BCUT2D eigenvalue weighted by molar-refractivity contribution is 7.21. The topological polar surface area (TPSA) is 36.7 Å². The largest absolute Gasteiger partial charge is 0.236 e. The molecule has 0 aliphatic rings. The summed E-state index contributed by atoms with van der Waals surface area (Å²) in [5.74, 6) is 0. The van der Waals surface area contributed by atoms with Gasteiger partial charge in [-0.15, -0.1) is 11.3 Å². The number of hydrogen-bond acceptors (Lipinski definition) is 3. The fourth-order valence-corrected chi connectivity index (χ4v) is 3.56. The van der Waals surface area contributed by atoms with E-state index in [1.54, 1.807) is 11.3 Å². The quantitative estimate of drug-likeness (QED) is 0.429. The lowest BCUT2D eigenvalue weighted by Gasteiger charge is -1.98. The maximum absolute atomic E-state index is 8.83. The lowest BCUT2D eigenvalue weighted by Crippen LogP contribution is -1.78. The minimum Gasteiger partial charge on any atom is -0.236 e. The molecule has 0 aliphatic carbocycles. The van der Waals surface area contributed by atoms with Gasteiger partial charge < -0.3 is 0 Å². The molecular weight excluding hydrogens is 324 g/mol. The Hall–Kier alpha value is -3.22. The number of rotatable bonds is 3. The summed E-state index contributed by atoms with van der Waals surface area (Å²) in [6, 6.07) is 26.3. The van der Waals surface area contributed by atoms with Crippen LogP contribution in [0.15, 0.2) is 72.8 Å². The van der Waals surface area contributed by atoms with Gasteiger partial charge in [-0.1, -0.05) is 60.7 Å². The van der Waals surface area contributed by atoms with Gasteiger partial charge in [0.15, 0.2) is 0 Å². The van der Waals surface area contributed by atoms with E-state index in [-0.39, 0.29) is 0 Å². The van der Waals surface area contributed by atoms with Crippen LogP contribution in [0.25, 0.3) is 32.9 Å². The zero-order valence-electron chi connectivity index (χ0n) is 13.4. The van der Waals surface area contributed by atoms with Crippen molar-refractivity contribution in [3.8, 4) is 16.6 Å². The molecule has 0 N–H and O–H groups in total. The highest BCUT2D eigenvalue weighted by atomic mass is 32.1. The molecule has 0 saturated heterocycles. The van der Waals surface area contributed by atoms with Crippen molar-refractivity contribution in [2.75, 3.05) is 0 Å². The van der Waals surface area contributed by atoms with Crippen molar-refractivity contribution in [1.82, 2.24) is 4.98 Å². The van der Waals surface area contributed by atoms with Crippen LogP contribution < -0.4 is 0 Å². The van der Waals surface area contributed by atoms with E-state index < -0.39 is 0 Å². The van der Waals surface area contributed by atoms with Crippen LogP contribution in [-0.2, 0) is 0 Å². The van der Waals surface area contributed by atoms with E-state index >= 15 is 0 Å². The molecule has 0 fully saturated rings. The molecule has 0 bridgehead atoms. The first kappa shape index (κ1) is 15.3. The van der Waals surface area contributed by atoms with Crippen molar-refractivity contribution >= 4 is 33.7 Å². The molecule has 0 radical (unpaired) electrons. The van der Waals surface area contributed by atoms with Gasteiger partial charge in [0, 0.05) is 5.56 Å². The van der Waals surface area contributed by atoms with Crippen molar-refractivity contribution in [1.29, 1.82) is 5.26 Å². The molecule has 25 heavy (non-hydrogen) atoms. The van der Waals surface area contributed by atoms with Gasteiger partial charge in [-0.2, -0.15) is 5.26 Å². The Morgan fingerprint density at radius 1 is 0.800 bits per heavy atom. The maximum atomic E-state index is 8.83. The number of thiazole rings is 1. The van der Waals surface area contributed by atoms with Crippen LogP contribution in [-0.4, -0.2) is 4.98 Å². The van der Waals surface area contributed by atoms with Gasteiger partial charge in [0.05, 0.1) is 21.8 Å². The van der Waals surface area contributed by atoms with E-state index in [9.17, 15) is 0 Å². The fourth-order valence-electron chi connectivity index (χ4n) is 2.59. The molecule has 4 rings (SSSR count). The van der Waals surface area contributed by atoms with Gasteiger partial charge in [0.2, 0.25) is 0 Å². The molecule has 0 aliphatic heterocycles. The molecule has 0 spiro atoms. The molecule has 0 amide bonds. The van der Waals surface area contributed by atoms with Gasteiger partial charge in [-0.3, -0.25) is 0 Å². The van der Waals surface area contributed by atoms with E-state index in [4.69, 9.17) is 10.2 Å². The zero-order chi connectivity index (χ0) is 17.1. The van der Waals surface area contributed by atoms with Gasteiger partial charge in [-0.05, 0) is 35.4 Å². The van der Waals surface area contributed by atoms with Crippen molar-refractivity contribution in [3.63, 3.8) is 0 Å². The minimum atomic E-state index is 0.678. The second-order valence-electron chi connectivity index (χ2n) is 5.68. The Balaban J connectivity index is 1.55. The average Bonchev–Trinajstić information content (AvgIpc) is 3.11. The molecule has 4 aromatic rings. The van der Waals surface area contributed by atoms with Crippen LogP contribution >= 0.6 is 11.3 Å². The number of nitrogens with zero attached hydrogens (tertiary/aromatic N) is 2. The molecule has 1 aromatic heterocycles. The smallest absolute Gasteiger partial charge is 0.124 e. The first-order chi connectivity index (χ1) is 12.3. The number of aromatic nitrogens is 1. The van der Waals surface area contributed by atoms with E-state index in [0.717, 1.165) is 27.2 Å². The molecule has 3 aromatic carbocycles. The van der Waals surface area contributed by atoms with Crippen molar-refractivity contribution in [3.05, 3.63) is 89.5 Å². The van der Waals surface area contributed by atoms with E-state index in [1.165, 1.54) is 4.70 Å². The molecule has 0 atom stereocenters. The van der Waals surface area contributed by atoms with E-state index in [0.29, 0.717) is 5.56 Å². The molecule has 2 nitrogen and oxygen atoms in total. The number of fused-ring (bicyclic) bond motifs is 1. The summed E-state index contributed by atoms with van der Waals surface area (Å²) in [6.07, 6.45) is 4.12.